The van der Waals surface area contributed by atoms with Gasteiger partial charge in [0.15, 0.2) is 5.82 Å². The molecule has 6 nitrogen and oxygen atoms in total. The summed E-state index contributed by atoms with van der Waals surface area (Å²) in [5.74, 6) is 1.99. The number of hydrogen-bond acceptors (Lipinski definition) is 5. The van der Waals surface area contributed by atoms with Crippen molar-refractivity contribution in [2.75, 3.05) is 5.32 Å². The van der Waals surface area contributed by atoms with E-state index in [2.05, 4.69) is 20.4 Å². The van der Waals surface area contributed by atoms with Gasteiger partial charge in [-0.05, 0) is 0 Å². The summed E-state index contributed by atoms with van der Waals surface area (Å²) in [5.41, 5.74) is 0. The lowest BCUT2D eigenvalue weighted by molar-refractivity contribution is 0.388. The van der Waals surface area contributed by atoms with E-state index in [4.69, 9.17) is 4.52 Å². The molecule has 74 valence electrons. The van der Waals surface area contributed by atoms with E-state index in [1.54, 1.807) is 13.1 Å². The van der Waals surface area contributed by atoms with Crippen molar-refractivity contribution in [3.8, 4) is 0 Å². The van der Waals surface area contributed by atoms with Gasteiger partial charge in [-0.25, -0.2) is 4.98 Å². The lowest BCUT2D eigenvalue weighted by atomic mass is 10.6. The smallest absolute Gasteiger partial charge is 0.223 e. The van der Waals surface area contributed by atoms with Gasteiger partial charge < -0.3 is 14.4 Å². The molecule has 1 N–H and O–H groups in total. The van der Waals surface area contributed by atoms with E-state index >= 15 is 0 Å². The zero-order valence-electron chi connectivity index (χ0n) is 8.06. The minimum Gasteiger partial charge on any atom is -0.348 e. The molecule has 6 heteroatoms. The van der Waals surface area contributed by atoms with Gasteiger partial charge in [0.2, 0.25) is 11.8 Å². The molecule has 0 saturated carbocycles. The van der Waals surface area contributed by atoms with Gasteiger partial charge in [0.05, 0.1) is 6.54 Å². The van der Waals surface area contributed by atoms with Crippen LogP contribution in [0.3, 0.4) is 0 Å². The largest absolute Gasteiger partial charge is 0.348 e. The summed E-state index contributed by atoms with van der Waals surface area (Å²) in [6, 6.07) is 0. The van der Waals surface area contributed by atoms with E-state index in [-0.39, 0.29) is 0 Å². The molecule has 0 amide bonds. The minimum atomic E-state index is 0.516. The molecular formula is C8H11N5O. The summed E-state index contributed by atoms with van der Waals surface area (Å²) >= 11 is 0. The Balaban J connectivity index is 1.98. The normalized spacial score (nSPS) is 10.4. The monoisotopic (exact) mass is 193 g/mol. The van der Waals surface area contributed by atoms with Crippen molar-refractivity contribution in [1.29, 1.82) is 0 Å². The van der Waals surface area contributed by atoms with Crippen LogP contribution >= 0.6 is 0 Å². The van der Waals surface area contributed by atoms with Crippen molar-refractivity contribution in [1.82, 2.24) is 19.7 Å². The fraction of sp³-hybridized carbons (Fsp3) is 0.375. The summed E-state index contributed by atoms with van der Waals surface area (Å²) in [6.07, 6.45) is 3.59. The maximum atomic E-state index is 4.84. The number of nitrogens with one attached hydrogen (secondary N) is 1. The summed E-state index contributed by atoms with van der Waals surface area (Å²) in [6.45, 7) is 2.28. The molecule has 0 aliphatic carbocycles. The van der Waals surface area contributed by atoms with Crippen LogP contribution in [0.1, 0.15) is 11.7 Å². The van der Waals surface area contributed by atoms with Crippen LogP contribution in [0.2, 0.25) is 0 Å². The Hall–Kier alpha value is -1.85. The number of hydrogen-bond donors (Lipinski definition) is 1. The maximum Gasteiger partial charge on any atom is 0.223 e. The maximum absolute atomic E-state index is 4.84. The Labute approximate surface area is 81.0 Å². The number of rotatable bonds is 3. The van der Waals surface area contributed by atoms with E-state index in [1.165, 1.54) is 0 Å². The lowest BCUT2D eigenvalue weighted by Crippen LogP contribution is -2.05. The van der Waals surface area contributed by atoms with Gasteiger partial charge in [-0.3, -0.25) is 0 Å². The van der Waals surface area contributed by atoms with Crippen LogP contribution in [0.15, 0.2) is 16.9 Å². The van der Waals surface area contributed by atoms with Gasteiger partial charge >= 0.3 is 0 Å². The van der Waals surface area contributed by atoms with Crippen molar-refractivity contribution in [2.24, 2.45) is 7.05 Å². The first-order chi connectivity index (χ1) is 6.75. The van der Waals surface area contributed by atoms with Gasteiger partial charge in [-0.15, -0.1) is 0 Å². The lowest BCUT2D eigenvalue weighted by Gasteiger charge is -2.01. The Kier molecular flexibility index (Phi) is 2.18. The summed E-state index contributed by atoms with van der Waals surface area (Å²) in [5, 5.41) is 6.85. The second-order valence-corrected chi connectivity index (χ2v) is 2.94. The zero-order chi connectivity index (χ0) is 9.97. The quantitative estimate of drug-likeness (QED) is 0.778. The molecule has 0 bridgehead atoms. The Morgan fingerprint density at radius 2 is 2.43 bits per heavy atom. The third-order valence-electron chi connectivity index (χ3n) is 1.80. The SMILES string of the molecule is Cc1nc(CNc2nccn2C)no1. The first-order valence-electron chi connectivity index (χ1n) is 4.26. The van der Waals surface area contributed by atoms with Gasteiger partial charge in [0, 0.05) is 26.4 Å². The molecule has 0 aromatic carbocycles. The third-order valence-corrected chi connectivity index (χ3v) is 1.80. The highest BCUT2D eigenvalue weighted by molar-refractivity contribution is 5.25. The van der Waals surface area contributed by atoms with Gasteiger partial charge in [-0.2, -0.15) is 4.98 Å². The molecular weight excluding hydrogens is 182 g/mol. The van der Waals surface area contributed by atoms with E-state index < -0.39 is 0 Å². The number of nitrogens with zero attached hydrogens (tertiary/aromatic N) is 4. The second kappa shape index (κ2) is 3.49. The second-order valence-electron chi connectivity index (χ2n) is 2.94. The molecule has 0 spiro atoms. The van der Waals surface area contributed by atoms with Crippen LogP contribution in [0.25, 0.3) is 0 Å². The summed E-state index contributed by atoms with van der Waals surface area (Å²) < 4.78 is 6.72. The number of imidazole rings is 1. The molecule has 0 saturated heterocycles. The molecule has 2 heterocycles. The molecule has 2 aromatic heterocycles. The third kappa shape index (κ3) is 1.73. The average molecular weight is 193 g/mol. The fourth-order valence-electron chi connectivity index (χ4n) is 1.11. The van der Waals surface area contributed by atoms with Crippen LogP contribution in [0, 0.1) is 6.92 Å². The molecule has 14 heavy (non-hydrogen) atoms. The minimum absolute atomic E-state index is 0.516. The number of anilines is 1. The van der Waals surface area contributed by atoms with Gasteiger partial charge in [0.25, 0.3) is 0 Å². The first-order valence-corrected chi connectivity index (χ1v) is 4.26. The molecule has 0 fully saturated rings. The van der Waals surface area contributed by atoms with E-state index in [0.29, 0.717) is 18.3 Å². The predicted molar refractivity (Wildman–Crippen MR) is 49.6 cm³/mol. The Morgan fingerprint density at radius 1 is 1.57 bits per heavy atom. The summed E-state index contributed by atoms with van der Waals surface area (Å²) in [4.78, 5) is 8.17. The van der Waals surface area contributed by atoms with Crippen molar-refractivity contribution in [3.63, 3.8) is 0 Å². The highest BCUT2D eigenvalue weighted by atomic mass is 16.5. The Morgan fingerprint density at radius 3 is 3.00 bits per heavy atom. The van der Waals surface area contributed by atoms with E-state index in [9.17, 15) is 0 Å². The molecule has 0 aliphatic heterocycles. The molecule has 0 aliphatic rings. The standard InChI is InChI=1S/C8H11N5O/c1-6-11-7(12-14-6)5-10-8-9-3-4-13(8)2/h3-4H,5H2,1-2H3,(H,9,10). The topological polar surface area (TPSA) is 68.8 Å². The van der Waals surface area contributed by atoms with E-state index in [1.807, 2.05) is 17.8 Å². The number of aromatic nitrogens is 4. The molecule has 2 aromatic rings. The highest BCUT2D eigenvalue weighted by Gasteiger charge is 2.03. The van der Waals surface area contributed by atoms with Gasteiger partial charge in [0.1, 0.15) is 0 Å². The van der Waals surface area contributed by atoms with Crippen LogP contribution in [-0.4, -0.2) is 19.7 Å². The van der Waals surface area contributed by atoms with Crippen LogP contribution in [-0.2, 0) is 13.6 Å². The van der Waals surface area contributed by atoms with Crippen molar-refractivity contribution >= 4 is 5.95 Å². The Bertz CT molecular complexity index is 419. The molecule has 0 radical (unpaired) electrons. The summed E-state index contributed by atoms with van der Waals surface area (Å²) in [7, 11) is 1.91. The van der Waals surface area contributed by atoms with Crippen LogP contribution in [0.5, 0.6) is 0 Å². The van der Waals surface area contributed by atoms with Crippen LogP contribution in [0.4, 0.5) is 5.95 Å². The van der Waals surface area contributed by atoms with Crippen molar-refractivity contribution in [3.05, 3.63) is 24.1 Å². The predicted octanol–water partition coefficient (Wildman–Crippen LogP) is 0.724. The highest BCUT2D eigenvalue weighted by Crippen LogP contribution is 2.03. The first kappa shape index (κ1) is 8.74. The molecule has 0 atom stereocenters. The van der Waals surface area contributed by atoms with Crippen molar-refractivity contribution < 1.29 is 4.52 Å². The molecule has 0 unspecified atom stereocenters. The van der Waals surface area contributed by atoms with Gasteiger partial charge in [-0.1, -0.05) is 5.16 Å². The zero-order valence-corrected chi connectivity index (χ0v) is 8.06. The fourth-order valence-corrected chi connectivity index (χ4v) is 1.11. The van der Waals surface area contributed by atoms with Crippen LogP contribution < -0.4 is 5.32 Å². The van der Waals surface area contributed by atoms with Crippen molar-refractivity contribution in [2.45, 2.75) is 13.5 Å². The average Bonchev–Trinajstić information content (AvgIpc) is 2.72. The molecule has 2 rings (SSSR count). The van der Waals surface area contributed by atoms with E-state index in [0.717, 1.165) is 5.95 Å². The number of aryl methyl sites for hydroxylation is 2.